The van der Waals surface area contributed by atoms with Crippen LogP contribution in [0.4, 0.5) is 0 Å². The van der Waals surface area contributed by atoms with Gasteiger partial charge in [0.25, 0.3) is 0 Å². The van der Waals surface area contributed by atoms with Crippen molar-refractivity contribution in [3.63, 3.8) is 0 Å². The zero-order valence-electron chi connectivity index (χ0n) is 10.1. The molecule has 0 bridgehead atoms. The van der Waals surface area contributed by atoms with Crippen LogP contribution >= 0.6 is 22.9 Å². The van der Waals surface area contributed by atoms with Gasteiger partial charge in [-0.25, -0.2) is 0 Å². The van der Waals surface area contributed by atoms with Crippen molar-refractivity contribution in [2.45, 2.75) is 32.7 Å². The van der Waals surface area contributed by atoms with Gasteiger partial charge in [0, 0.05) is 18.5 Å². The topological polar surface area (TPSA) is 63.6 Å². The molecule has 1 N–H and O–H groups in total. The fourth-order valence-electron chi connectivity index (χ4n) is 1.26. The maximum absolute atomic E-state index is 4.17. The molecule has 0 saturated heterocycles. The first-order valence-electron chi connectivity index (χ1n) is 5.40. The van der Waals surface area contributed by atoms with Gasteiger partial charge in [-0.05, 0) is 32.3 Å². The molecule has 0 fully saturated rings. The molecule has 2 heterocycles. The quantitative estimate of drug-likeness (QED) is 0.919. The minimum Gasteiger partial charge on any atom is -0.312 e. The number of nitrogens with one attached hydrogen (secondary N) is 1. The summed E-state index contributed by atoms with van der Waals surface area (Å²) in [7, 11) is 0. The van der Waals surface area contributed by atoms with E-state index in [4.69, 9.17) is 0 Å². The largest absolute Gasteiger partial charge is 0.312 e. The second-order valence-electron chi connectivity index (χ2n) is 4.71. The molecule has 0 aliphatic carbocycles. The van der Waals surface area contributed by atoms with E-state index >= 15 is 0 Å². The third kappa shape index (κ3) is 3.79. The SMILES string of the molecule is CC(C)(C)NCCc1nnc(-c2cnns2)s1. The molecule has 0 amide bonds. The van der Waals surface area contributed by atoms with Gasteiger partial charge in [-0.2, -0.15) is 0 Å². The Kier molecular flexibility index (Phi) is 3.80. The van der Waals surface area contributed by atoms with Crippen molar-refractivity contribution < 1.29 is 0 Å². The Morgan fingerprint density at radius 3 is 2.76 bits per heavy atom. The Hall–Kier alpha value is -0.920. The highest BCUT2D eigenvalue weighted by atomic mass is 32.1. The van der Waals surface area contributed by atoms with E-state index in [0.29, 0.717) is 0 Å². The lowest BCUT2D eigenvalue weighted by atomic mass is 10.1. The van der Waals surface area contributed by atoms with E-state index in [1.165, 1.54) is 11.5 Å². The molecule has 0 atom stereocenters. The van der Waals surface area contributed by atoms with Gasteiger partial charge in [0.15, 0.2) is 5.01 Å². The van der Waals surface area contributed by atoms with Crippen LogP contribution in [0.1, 0.15) is 25.8 Å². The fourth-order valence-corrected chi connectivity index (χ4v) is 2.64. The molecule has 92 valence electrons. The van der Waals surface area contributed by atoms with E-state index in [2.05, 4.69) is 45.9 Å². The molecule has 0 unspecified atom stereocenters. The zero-order chi connectivity index (χ0) is 12.3. The van der Waals surface area contributed by atoms with Crippen molar-refractivity contribution in [3.05, 3.63) is 11.2 Å². The van der Waals surface area contributed by atoms with Crippen molar-refractivity contribution >= 4 is 22.9 Å². The van der Waals surface area contributed by atoms with Crippen LogP contribution in [-0.2, 0) is 6.42 Å². The Morgan fingerprint density at radius 1 is 1.29 bits per heavy atom. The van der Waals surface area contributed by atoms with Crippen LogP contribution < -0.4 is 5.32 Å². The van der Waals surface area contributed by atoms with Crippen LogP contribution in [0, 0.1) is 0 Å². The molecule has 17 heavy (non-hydrogen) atoms. The highest BCUT2D eigenvalue weighted by molar-refractivity contribution is 7.19. The summed E-state index contributed by atoms with van der Waals surface area (Å²) in [5, 5.41) is 17.5. The molecule has 0 radical (unpaired) electrons. The normalized spacial score (nSPS) is 11.9. The second-order valence-corrected chi connectivity index (χ2v) is 6.56. The average molecular weight is 269 g/mol. The summed E-state index contributed by atoms with van der Waals surface area (Å²) in [5.41, 5.74) is 0.148. The zero-order valence-corrected chi connectivity index (χ0v) is 11.7. The predicted octanol–water partition coefficient (Wildman–Crippen LogP) is 1.99. The fraction of sp³-hybridized carbons (Fsp3) is 0.600. The molecule has 2 aromatic rings. The summed E-state index contributed by atoms with van der Waals surface area (Å²) in [6.45, 7) is 7.38. The van der Waals surface area contributed by atoms with E-state index in [0.717, 1.165) is 27.9 Å². The highest BCUT2D eigenvalue weighted by Gasteiger charge is 2.11. The smallest absolute Gasteiger partial charge is 0.161 e. The maximum Gasteiger partial charge on any atom is 0.161 e. The number of nitrogens with zero attached hydrogens (tertiary/aromatic N) is 4. The molecule has 5 nitrogen and oxygen atoms in total. The lowest BCUT2D eigenvalue weighted by molar-refractivity contribution is 0.429. The van der Waals surface area contributed by atoms with Gasteiger partial charge in [-0.1, -0.05) is 15.8 Å². The van der Waals surface area contributed by atoms with E-state index in [1.807, 2.05) is 0 Å². The predicted molar refractivity (Wildman–Crippen MR) is 70.3 cm³/mol. The average Bonchev–Trinajstić information content (AvgIpc) is 2.83. The Balaban J connectivity index is 1.91. The van der Waals surface area contributed by atoms with Crippen molar-refractivity contribution in [2.24, 2.45) is 0 Å². The van der Waals surface area contributed by atoms with Gasteiger partial charge >= 0.3 is 0 Å². The summed E-state index contributed by atoms with van der Waals surface area (Å²) in [6, 6.07) is 0. The minimum absolute atomic E-state index is 0.148. The molecular formula is C10H15N5S2. The molecule has 0 aliphatic rings. The van der Waals surface area contributed by atoms with Crippen LogP contribution in [-0.4, -0.2) is 31.9 Å². The highest BCUT2D eigenvalue weighted by Crippen LogP contribution is 2.25. The van der Waals surface area contributed by atoms with E-state index < -0.39 is 0 Å². The number of hydrogen-bond acceptors (Lipinski definition) is 7. The molecule has 2 aromatic heterocycles. The minimum atomic E-state index is 0.148. The lowest BCUT2D eigenvalue weighted by Crippen LogP contribution is -2.37. The van der Waals surface area contributed by atoms with Crippen LogP contribution in [0.3, 0.4) is 0 Å². The van der Waals surface area contributed by atoms with Crippen LogP contribution in [0.2, 0.25) is 0 Å². The van der Waals surface area contributed by atoms with Gasteiger partial charge in [0.1, 0.15) is 9.88 Å². The Morgan fingerprint density at radius 2 is 2.12 bits per heavy atom. The molecule has 2 rings (SSSR count). The lowest BCUT2D eigenvalue weighted by Gasteiger charge is -2.19. The first-order chi connectivity index (χ1) is 8.04. The van der Waals surface area contributed by atoms with E-state index in [1.54, 1.807) is 17.5 Å². The number of hydrogen-bond donors (Lipinski definition) is 1. The molecule has 0 spiro atoms. The van der Waals surface area contributed by atoms with Crippen molar-refractivity contribution in [1.82, 2.24) is 25.1 Å². The summed E-state index contributed by atoms with van der Waals surface area (Å²) in [4.78, 5) is 0.984. The van der Waals surface area contributed by atoms with Crippen LogP contribution in [0.5, 0.6) is 0 Å². The van der Waals surface area contributed by atoms with Gasteiger partial charge in [0.05, 0.1) is 6.20 Å². The van der Waals surface area contributed by atoms with Crippen molar-refractivity contribution in [2.75, 3.05) is 6.54 Å². The molecule has 0 saturated carbocycles. The summed E-state index contributed by atoms with van der Waals surface area (Å²) < 4.78 is 3.82. The van der Waals surface area contributed by atoms with Gasteiger partial charge in [-0.3, -0.25) is 0 Å². The molecule has 7 heteroatoms. The molecule has 0 aliphatic heterocycles. The maximum atomic E-state index is 4.17. The van der Waals surface area contributed by atoms with Gasteiger partial charge < -0.3 is 5.32 Å². The van der Waals surface area contributed by atoms with Crippen LogP contribution in [0.25, 0.3) is 9.88 Å². The first kappa shape index (κ1) is 12.5. The van der Waals surface area contributed by atoms with Crippen molar-refractivity contribution in [3.8, 4) is 9.88 Å². The van der Waals surface area contributed by atoms with Crippen molar-refractivity contribution in [1.29, 1.82) is 0 Å². The van der Waals surface area contributed by atoms with E-state index in [-0.39, 0.29) is 5.54 Å². The molecule has 0 aromatic carbocycles. The Bertz CT molecular complexity index is 457. The van der Waals surface area contributed by atoms with Gasteiger partial charge in [-0.15, -0.1) is 15.3 Å². The molecular weight excluding hydrogens is 254 g/mol. The number of aromatic nitrogens is 4. The van der Waals surface area contributed by atoms with E-state index in [9.17, 15) is 0 Å². The third-order valence-electron chi connectivity index (χ3n) is 2.03. The second kappa shape index (κ2) is 5.16. The summed E-state index contributed by atoms with van der Waals surface area (Å²) in [5.74, 6) is 0. The van der Waals surface area contributed by atoms with Crippen LogP contribution in [0.15, 0.2) is 6.20 Å². The standard InChI is InChI=1S/C10H15N5S2/c1-10(2,3)11-5-4-8-13-14-9(16-8)7-6-12-15-17-7/h6,11H,4-5H2,1-3H3. The Labute approximate surface area is 108 Å². The van der Waals surface area contributed by atoms with Gasteiger partial charge in [0.2, 0.25) is 0 Å². The first-order valence-corrected chi connectivity index (χ1v) is 6.99. The summed E-state index contributed by atoms with van der Waals surface area (Å²) in [6.07, 6.45) is 2.63. The third-order valence-corrected chi connectivity index (χ3v) is 3.85. The summed E-state index contributed by atoms with van der Waals surface area (Å²) >= 11 is 2.96. The monoisotopic (exact) mass is 269 g/mol. The number of rotatable bonds is 4.